The second kappa shape index (κ2) is 8.09. The minimum atomic E-state index is -0.0961. The number of morpholine rings is 1. The minimum absolute atomic E-state index is 0.0808. The predicted octanol–water partition coefficient (Wildman–Crippen LogP) is 1.69. The highest BCUT2D eigenvalue weighted by Gasteiger charge is 2.26. The molecule has 1 aromatic heterocycles. The fourth-order valence-corrected chi connectivity index (χ4v) is 4.58. The van der Waals surface area contributed by atoms with Crippen molar-refractivity contribution >= 4 is 28.2 Å². The normalized spacial score (nSPS) is 20.3. The summed E-state index contributed by atoms with van der Waals surface area (Å²) in [6.07, 6.45) is 4.38. The number of ether oxygens (including phenoxy) is 1. The van der Waals surface area contributed by atoms with E-state index < -0.39 is 0 Å². The fraction of sp³-hybridized carbons (Fsp3) is 0.647. The van der Waals surface area contributed by atoms with Gasteiger partial charge in [0.05, 0.1) is 24.7 Å². The minimum Gasteiger partial charge on any atom is -0.375 e. The topological polar surface area (TPSA) is 79.5 Å². The summed E-state index contributed by atoms with van der Waals surface area (Å²) in [5, 5.41) is 9.76. The molecule has 1 aliphatic carbocycles. The van der Waals surface area contributed by atoms with Crippen molar-refractivity contribution in [1.29, 1.82) is 0 Å². The van der Waals surface area contributed by atoms with Crippen molar-refractivity contribution in [2.24, 2.45) is 0 Å². The molecule has 0 aromatic carbocycles. The highest BCUT2D eigenvalue weighted by Crippen LogP contribution is 2.38. The number of carbonyl (C=O) groups excluding carboxylic acids is 2. The van der Waals surface area contributed by atoms with Crippen LogP contribution in [0.1, 0.15) is 47.0 Å². The van der Waals surface area contributed by atoms with Crippen LogP contribution < -0.4 is 16.0 Å². The molecule has 1 saturated heterocycles. The molecule has 1 aromatic rings. The van der Waals surface area contributed by atoms with Gasteiger partial charge in [0.1, 0.15) is 5.00 Å². The molecule has 1 aliphatic heterocycles. The van der Waals surface area contributed by atoms with Crippen LogP contribution in [-0.2, 0) is 22.4 Å². The molecule has 2 aliphatic rings. The molecule has 0 unspecified atom stereocenters. The van der Waals surface area contributed by atoms with Gasteiger partial charge < -0.3 is 20.7 Å². The summed E-state index contributed by atoms with van der Waals surface area (Å²) in [7, 11) is 0. The first-order valence-corrected chi connectivity index (χ1v) is 9.55. The SMILES string of the molecule is CCNC(=O)c1c(NC(=O)C[C@@H]2CNCCO2)sc2c1CCCC2. The molecule has 132 valence electrons. The number of rotatable bonds is 5. The Balaban J connectivity index is 1.75. The molecule has 3 rings (SSSR count). The van der Waals surface area contributed by atoms with E-state index in [4.69, 9.17) is 4.74 Å². The Bertz CT molecular complexity index is 608. The number of thiophene rings is 1. The quantitative estimate of drug-likeness (QED) is 0.754. The van der Waals surface area contributed by atoms with E-state index in [0.29, 0.717) is 36.7 Å². The van der Waals surface area contributed by atoms with Gasteiger partial charge in [-0.15, -0.1) is 11.3 Å². The number of aryl methyl sites for hydroxylation is 1. The highest BCUT2D eigenvalue weighted by molar-refractivity contribution is 7.17. The third-order valence-corrected chi connectivity index (χ3v) is 5.61. The average molecular weight is 351 g/mol. The molecule has 2 heterocycles. The van der Waals surface area contributed by atoms with Crippen LogP contribution in [0.4, 0.5) is 5.00 Å². The second-order valence-corrected chi connectivity index (χ2v) is 7.33. The Morgan fingerprint density at radius 1 is 1.33 bits per heavy atom. The smallest absolute Gasteiger partial charge is 0.254 e. The molecule has 0 radical (unpaired) electrons. The van der Waals surface area contributed by atoms with Crippen molar-refractivity contribution in [3.63, 3.8) is 0 Å². The lowest BCUT2D eigenvalue weighted by Crippen LogP contribution is -2.40. The molecular weight excluding hydrogens is 326 g/mol. The lowest BCUT2D eigenvalue weighted by molar-refractivity contribution is -0.119. The van der Waals surface area contributed by atoms with Gasteiger partial charge in [-0.3, -0.25) is 9.59 Å². The van der Waals surface area contributed by atoms with Crippen LogP contribution in [0.5, 0.6) is 0 Å². The Labute approximate surface area is 146 Å². The van der Waals surface area contributed by atoms with E-state index in [9.17, 15) is 9.59 Å². The first kappa shape index (κ1) is 17.4. The summed E-state index contributed by atoms with van der Waals surface area (Å²) in [5.74, 6) is -0.171. The van der Waals surface area contributed by atoms with Gasteiger partial charge >= 0.3 is 0 Å². The standard InChI is InChI=1S/C17H25N3O3S/c1-2-19-16(22)15-12-5-3-4-6-13(12)24-17(15)20-14(21)9-11-10-18-7-8-23-11/h11,18H,2-10H2,1H3,(H,19,22)(H,20,21)/t11-/m1/s1. The van der Waals surface area contributed by atoms with E-state index in [1.54, 1.807) is 11.3 Å². The Kier molecular flexibility index (Phi) is 5.86. The van der Waals surface area contributed by atoms with Gasteiger partial charge in [-0.05, 0) is 38.2 Å². The van der Waals surface area contributed by atoms with Gasteiger partial charge in [-0.1, -0.05) is 0 Å². The van der Waals surface area contributed by atoms with E-state index in [2.05, 4.69) is 16.0 Å². The molecule has 0 spiro atoms. The molecule has 1 atom stereocenters. The fourth-order valence-electron chi connectivity index (χ4n) is 3.28. The van der Waals surface area contributed by atoms with Gasteiger partial charge in [0, 0.05) is 24.5 Å². The number of anilines is 1. The van der Waals surface area contributed by atoms with Crippen molar-refractivity contribution in [1.82, 2.24) is 10.6 Å². The molecule has 7 heteroatoms. The van der Waals surface area contributed by atoms with Crippen LogP contribution in [-0.4, -0.2) is 44.2 Å². The first-order valence-electron chi connectivity index (χ1n) is 8.74. The number of hydrogen-bond acceptors (Lipinski definition) is 5. The summed E-state index contributed by atoms with van der Waals surface area (Å²) >= 11 is 1.56. The molecular formula is C17H25N3O3S. The maximum Gasteiger partial charge on any atom is 0.254 e. The van der Waals surface area contributed by atoms with Crippen molar-refractivity contribution in [2.45, 2.75) is 45.1 Å². The van der Waals surface area contributed by atoms with Crippen LogP contribution in [0.25, 0.3) is 0 Å². The van der Waals surface area contributed by atoms with Crippen molar-refractivity contribution in [3.05, 3.63) is 16.0 Å². The molecule has 1 fully saturated rings. The maximum absolute atomic E-state index is 12.5. The number of hydrogen-bond donors (Lipinski definition) is 3. The lowest BCUT2D eigenvalue weighted by atomic mass is 9.95. The van der Waals surface area contributed by atoms with E-state index in [0.717, 1.165) is 37.8 Å². The molecule has 3 N–H and O–H groups in total. The van der Waals surface area contributed by atoms with E-state index in [-0.39, 0.29) is 17.9 Å². The van der Waals surface area contributed by atoms with E-state index in [1.807, 2.05) is 6.92 Å². The first-order chi connectivity index (χ1) is 11.7. The highest BCUT2D eigenvalue weighted by atomic mass is 32.1. The van der Waals surface area contributed by atoms with E-state index in [1.165, 1.54) is 4.88 Å². The van der Waals surface area contributed by atoms with Gasteiger partial charge in [-0.2, -0.15) is 0 Å². The number of carbonyl (C=O) groups is 2. The van der Waals surface area contributed by atoms with Gasteiger partial charge in [0.15, 0.2) is 0 Å². The third-order valence-electron chi connectivity index (χ3n) is 4.41. The predicted molar refractivity (Wildman–Crippen MR) is 94.8 cm³/mol. The van der Waals surface area contributed by atoms with Crippen molar-refractivity contribution < 1.29 is 14.3 Å². The van der Waals surface area contributed by atoms with Crippen LogP contribution in [0, 0.1) is 0 Å². The zero-order chi connectivity index (χ0) is 16.9. The lowest BCUT2D eigenvalue weighted by Gasteiger charge is -2.23. The molecule has 0 saturated carbocycles. The summed E-state index contributed by atoms with van der Waals surface area (Å²) in [4.78, 5) is 26.1. The average Bonchev–Trinajstić information content (AvgIpc) is 2.93. The zero-order valence-corrected chi connectivity index (χ0v) is 14.9. The van der Waals surface area contributed by atoms with Crippen molar-refractivity contribution in [3.8, 4) is 0 Å². The van der Waals surface area contributed by atoms with Crippen molar-refractivity contribution in [2.75, 3.05) is 31.6 Å². The van der Waals surface area contributed by atoms with Gasteiger partial charge in [0.2, 0.25) is 5.91 Å². The monoisotopic (exact) mass is 351 g/mol. The Morgan fingerprint density at radius 3 is 2.92 bits per heavy atom. The number of amides is 2. The number of nitrogens with one attached hydrogen (secondary N) is 3. The molecule has 0 bridgehead atoms. The summed E-state index contributed by atoms with van der Waals surface area (Å²) < 4.78 is 5.58. The third kappa shape index (κ3) is 3.96. The summed E-state index contributed by atoms with van der Waals surface area (Å²) in [5.41, 5.74) is 1.80. The Morgan fingerprint density at radius 2 is 2.17 bits per heavy atom. The summed E-state index contributed by atoms with van der Waals surface area (Å²) in [6.45, 7) is 4.64. The Hall–Kier alpha value is -1.44. The summed E-state index contributed by atoms with van der Waals surface area (Å²) in [6, 6.07) is 0. The molecule has 24 heavy (non-hydrogen) atoms. The van der Waals surface area contributed by atoms with Gasteiger partial charge in [-0.25, -0.2) is 0 Å². The molecule has 2 amide bonds. The van der Waals surface area contributed by atoms with Gasteiger partial charge in [0.25, 0.3) is 5.91 Å². The van der Waals surface area contributed by atoms with Crippen LogP contribution >= 0.6 is 11.3 Å². The number of fused-ring (bicyclic) bond motifs is 1. The largest absolute Gasteiger partial charge is 0.375 e. The van der Waals surface area contributed by atoms with Crippen LogP contribution in [0.3, 0.4) is 0 Å². The zero-order valence-electron chi connectivity index (χ0n) is 14.1. The maximum atomic E-state index is 12.5. The van der Waals surface area contributed by atoms with Crippen LogP contribution in [0.15, 0.2) is 0 Å². The van der Waals surface area contributed by atoms with E-state index >= 15 is 0 Å². The van der Waals surface area contributed by atoms with Crippen LogP contribution in [0.2, 0.25) is 0 Å². The molecule has 6 nitrogen and oxygen atoms in total. The second-order valence-electron chi connectivity index (χ2n) is 6.22.